The Hall–Kier alpha value is -0.0400. The van der Waals surface area contributed by atoms with Gasteiger partial charge in [0.15, 0.2) is 0 Å². The molecule has 0 radical (unpaired) electrons. The molecular formula is C9H21N. The Bertz CT molecular complexity index is 81.2. The van der Waals surface area contributed by atoms with Crippen LogP contribution < -0.4 is 0 Å². The predicted octanol–water partition coefficient (Wildman–Crippen LogP) is 2.37. The summed E-state index contributed by atoms with van der Waals surface area (Å²) in [4.78, 5) is 2.39. The minimum absolute atomic E-state index is 0.448. The van der Waals surface area contributed by atoms with Crippen LogP contribution in [-0.2, 0) is 0 Å². The van der Waals surface area contributed by atoms with Gasteiger partial charge in [-0.15, -0.1) is 0 Å². The Morgan fingerprint density at radius 3 is 2.00 bits per heavy atom. The molecule has 0 bridgehead atoms. The monoisotopic (exact) mass is 143 g/mol. The van der Waals surface area contributed by atoms with Crippen LogP contribution in [0, 0.1) is 5.41 Å². The summed E-state index contributed by atoms with van der Waals surface area (Å²) in [5.74, 6) is 0. The van der Waals surface area contributed by atoms with E-state index in [0.29, 0.717) is 5.41 Å². The van der Waals surface area contributed by atoms with E-state index in [2.05, 4.69) is 39.6 Å². The molecule has 0 N–H and O–H groups in total. The van der Waals surface area contributed by atoms with Gasteiger partial charge in [0.25, 0.3) is 0 Å². The molecule has 0 aliphatic rings. The van der Waals surface area contributed by atoms with Gasteiger partial charge in [0.2, 0.25) is 0 Å². The van der Waals surface area contributed by atoms with Crippen molar-refractivity contribution in [3.8, 4) is 0 Å². The van der Waals surface area contributed by atoms with E-state index in [1.54, 1.807) is 0 Å². The molecule has 0 saturated heterocycles. The highest BCUT2D eigenvalue weighted by atomic mass is 15.1. The van der Waals surface area contributed by atoms with Crippen LogP contribution in [0.15, 0.2) is 0 Å². The lowest BCUT2D eigenvalue weighted by Gasteiger charge is -2.25. The van der Waals surface area contributed by atoms with Crippen LogP contribution in [0.4, 0.5) is 0 Å². The minimum Gasteiger partial charge on any atom is -0.306 e. The van der Waals surface area contributed by atoms with Crippen molar-refractivity contribution < 1.29 is 0 Å². The molecule has 0 fully saturated rings. The largest absolute Gasteiger partial charge is 0.306 e. The first-order chi connectivity index (χ1) is 4.45. The molecule has 0 saturated carbocycles. The number of hydrogen-bond acceptors (Lipinski definition) is 1. The van der Waals surface area contributed by atoms with E-state index >= 15 is 0 Å². The summed E-state index contributed by atoms with van der Waals surface area (Å²) in [7, 11) is 2.19. The number of rotatable bonds is 3. The lowest BCUT2D eigenvalue weighted by atomic mass is 9.96. The van der Waals surface area contributed by atoms with Crippen LogP contribution in [0.5, 0.6) is 0 Å². The van der Waals surface area contributed by atoms with Crippen LogP contribution in [0.3, 0.4) is 0 Å². The first kappa shape index (κ1) is 9.96. The second-order valence-electron chi connectivity index (χ2n) is 4.30. The maximum atomic E-state index is 2.39. The molecule has 0 spiro atoms. The Balaban J connectivity index is 3.47. The zero-order chi connectivity index (χ0) is 8.20. The highest BCUT2D eigenvalue weighted by Crippen LogP contribution is 2.13. The molecule has 0 amide bonds. The molecule has 0 heterocycles. The summed E-state index contributed by atoms with van der Waals surface area (Å²) in [6.07, 6.45) is 1.26. The molecule has 0 aliphatic heterocycles. The van der Waals surface area contributed by atoms with Crippen molar-refractivity contribution in [3.05, 3.63) is 0 Å². The van der Waals surface area contributed by atoms with E-state index in [0.717, 1.165) is 0 Å². The van der Waals surface area contributed by atoms with Gasteiger partial charge < -0.3 is 4.90 Å². The molecular weight excluding hydrogens is 122 g/mol. The Labute approximate surface area is 65.4 Å². The van der Waals surface area contributed by atoms with Crippen molar-refractivity contribution in [2.75, 3.05) is 20.1 Å². The molecule has 62 valence electrons. The summed E-state index contributed by atoms with van der Waals surface area (Å²) in [5, 5.41) is 0. The fourth-order valence-corrected chi connectivity index (χ4v) is 1.27. The second-order valence-corrected chi connectivity index (χ2v) is 4.30. The van der Waals surface area contributed by atoms with Crippen LogP contribution in [-0.4, -0.2) is 25.0 Å². The number of nitrogens with zero attached hydrogens (tertiary/aromatic N) is 1. The van der Waals surface area contributed by atoms with E-state index < -0.39 is 0 Å². The van der Waals surface area contributed by atoms with Gasteiger partial charge in [0.1, 0.15) is 0 Å². The Kier molecular flexibility index (Phi) is 3.95. The Morgan fingerprint density at radius 2 is 1.70 bits per heavy atom. The van der Waals surface area contributed by atoms with E-state index in [-0.39, 0.29) is 0 Å². The zero-order valence-electron chi connectivity index (χ0n) is 8.07. The molecule has 10 heavy (non-hydrogen) atoms. The van der Waals surface area contributed by atoms with E-state index in [4.69, 9.17) is 0 Å². The van der Waals surface area contributed by atoms with Crippen LogP contribution in [0.1, 0.15) is 34.1 Å². The van der Waals surface area contributed by atoms with Gasteiger partial charge in [-0.3, -0.25) is 0 Å². The van der Waals surface area contributed by atoms with Crippen molar-refractivity contribution in [1.29, 1.82) is 0 Å². The van der Waals surface area contributed by atoms with Crippen molar-refractivity contribution in [2.24, 2.45) is 5.41 Å². The predicted molar refractivity (Wildman–Crippen MR) is 47.2 cm³/mol. The van der Waals surface area contributed by atoms with Gasteiger partial charge in [-0.2, -0.15) is 0 Å². The summed E-state index contributed by atoms with van der Waals surface area (Å²) < 4.78 is 0. The highest BCUT2D eigenvalue weighted by Gasteiger charge is 2.11. The van der Waals surface area contributed by atoms with Crippen molar-refractivity contribution in [3.63, 3.8) is 0 Å². The molecule has 0 atom stereocenters. The van der Waals surface area contributed by atoms with E-state index in [1.807, 2.05) is 0 Å². The topological polar surface area (TPSA) is 3.24 Å². The second kappa shape index (κ2) is 3.97. The fraction of sp³-hybridized carbons (Fsp3) is 1.00. The molecule has 0 aliphatic carbocycles. The van der Waals surface area contributed by atoms with Gasteiger partial charge >= 0.3 is 0 Å². The molecule has 0 unspecified atom stereocenters. The summed E-state index contributed by atoms with van der Waals surface area (Å²) in [6, 6.07) is 0. The van der Waals surface area contributed by atoms with Gasteiger partial charge in [-0.05, 0) is 25.4 Å². The van der Waals surface area contributed by atoms with Crippen LogP contribution in [0.25, 0.3) is 0 Å². The quantitative estimate of drug-likeness (QED) is 0.586. The van der Waals surface area contributed by atoms with Gasteiger partial charge in [-0.1, -0.05) is 27.7 Å². The molecule has 0 rings (SSSR count). The first-order valence-corrected chi connectivity index (χ1v) is 4.14. The average Bonchev–Trinajstić information content (AvgIpc) is 1.59. The molecule has 0 aromatic carbocycles. The Morgan fingerprint density at radius 1 is 1.20 bits per heavy atom. The molecule has 0 aromatic rings. The van der Waals surface area contributed by atoms with Crippen molar-refractivity contribution in [2.45, 2.75) is 34.1 Å². The van der Waals surface area contributed by atoms with E-state index in [9.17, 15) is 0 Å². The van der Waals surface area contributed by atoms with Gasteiger partial charge in [0.05, 0.1) is 0 Å². The summed E-state index contributed by atoms with van der Waals surface area (Å²) in [6.45, 7) is 11.5. The fourth-order valence-electron chi connectivity index (χ4n) is 1.27. The van der Waals surface area contributed by atoms with E-state index in [1.165, 1.54) is 19.5 Å². The van der Waals surface area contributed by atoms with Crippen molar-refractivity contribution in [1.82, 2.24) is 4.90 Å². The van der Waals surface area contributed by atoms with Gasteiger partial charge in [0, 0.05) is 6.54 Å². The highest BCUT2D eigenvalue weighted by molar-refractivity contribution is 4.65. The zero-order valence-corrected chi connectivity index (χ0v) is 8.07. The first-order valence-electron chi connectivity index (χ1n) is 4.14. The molecule has 0 aromatic heterocycles. The third-order valence-corrected chi connectivity index (χ3v) is 1.35. The van der Waals surface area contributed by atoms with Crippen molar-refractivity contribution >= 4 is 0 Å². The summed E-state index contributed by atoms with van der Waals surface area (Å²) >= 11 is 0. The normalized spacial score (nSPS) is 12.6. The van der Waals surface area contributed by atoms with Gasteiger partial charge in [-0.25, -0.2) is 0 Å². The summed E-state index contributed by atoms with van der Waals surface area (Å²) in [5.41, 5.74) is 0.448. The third kappa shape index (κ3) is 6.09. The number of hydrogen-bond donors (Lipinski definition) is 0. The maximum Gasteiger partial charge on any atom is 0.00270 e. The molecule has 1 nitrogen and oxygen atoms in total. The maximum absolute atomic E-state index is 2.39. The van der Waals surface area contributed by atoms with Crippen LogP contribution in [0.2, 0.25) is 0 Å². The third-order valence-electron chi connectivity index (χ3n) is 1.35. The smallest absolute Gasteiger partial charge is 0.00270 e. The average molecular weight is 143 g/mol. The standard InChI is InChI=1S/C9H21N/c1-6-7-10(5)8-9(2,3)4/h6-8H2,1-5H3. The van der Waals surface area contributed by atoms with Crippen LogP contribution >= 0.6 is 0 Å². The minimum atomic E-state index is 0.448. The lowest BCUT2D eigenvalue weighted by molar-refractivity contribution is 0.227. The lowest BCUT2D eigenvalue weighted by Crippen LogP contribution is -2.29. The SMILES string of the molecule is CCCN(C)CC(C)(C)C. The molecule has 1 heteroatoms.